The third-order valence-electron chi connectivity index (χ3n) is 2.65. The molecule has 4 nitrogen and oxygen atoms in total. The van der Waals surface area contributed by atoms with Gasteiger partial charge in [-0.2, -0.15) is 0 Å². The van der Waals surface area contributed by atoms with Gasteiger partial charge in [0, 0.05) is 13.2 Å². The van der Waals surface area contributed by atoms with Crippen molar-refractivity contribution < 1.29 is 9.53 Å². The third kappa shape index (κ3) is 2.96. The van der Waals surface area contributed by atoms with Crippen LogP contribution in [-0.2, 0) is 9.53 Å². The number of carbonyl (C=O) groups is 1. The molecule has 0 bridgehead atoms. The fourth-order valence-corrected chi connectivity index (χ4v) is 1.44. The van der Waals surface area contributed by atoms with Crippen molar-refractivity contribution in [1.29, 1.82) is 0 Å². The minimum Gasteiger partial charge on any atom is -0.380 e. The molecule has 0 radical (unpaired) electrons. The summed E-state index contributed by atoms with van der Waals surface area (Å²) < 4.78 is 5.12. The van der Waals surface area contributed by atoms with E-state index in [9.17, 15) is 4.79 Å². The monoisotopic (exact) mass is 200 g/mol. The molecule has 0 heterocycles. The van der Waals surface area contributed by atoms with Gasteiger partial charge >= 0.3 is 0 Å². The van der Waals surface area contributed by atoms with E-state index in [4.69, 9.17) is 10.5 Å². The lowest BCUT2D eigenvalue weighted by Gasteiger charge is -2.22. The first-order valence-electron chi connectivity index (χ1n) is 5.24. The Kier molecular flexibility index (Phi) is 3.89. The minimum absolute atomic E-state index is 0.0558. The van der Waals surface area contributed by atoms with Crippen molar-refractivity contribution in [3.05, 3.63) is 0 Å². The van der Waals surface area contributed by atoms with Crippen molar-refractivity contribution in [3.63, 3.8) is 0 Å². The van der Waals surface area contributed by atoms with Gasteiger partial charge in [-0.1, -0.05) is 0 Å². The Morgan fingerprint density at radius 1 is 1.64 bits per heavy atom. The molecule has 1 fully saturated rings. The molecule has 0 aromatic carbocycles. The molecule has 14 heavy (non-hydrogen) atoms. The van der Waals surface area contributed by atoms with Gasteiger partial charge in [0.25, 0.3) is 0 Å². The maximum atomic E-state index is 11.6. The molecule has 3 N–H and O–H groups in total. The number of hydrogen-bond acceptors (Lipinski definition) is 3. The van der Waals surface area contributed by atoms with Crippen molar-refractivity contribution in [3.8, 4) is 0 Å². The Hall–Kier alpha value is -0.610. The average Bonchev–Trinajstić information content (AvgIpc) is 2.94. The van der Waals surface area contributed by atoms with Crippen LogP contribution in [0.4, 0.5) is 0 Å². The van der Waals surface area contributed by atoms with Gasteiger partial charge in [-0.3, -0.25) is 4.79 Å². The fourth-order valence-electron chi connectivity index (χ4n) is 1.44. The Balaban J connectivity index is 2.20. The zero-order valence-electron chi connectivity index (χ0n) is 9.01. The lowest BCUT2D eigenvalue weighted by Crippen LogP contribution is -2.53. The number of rotatable bonds is 6. The molecule has 0 spiro atoms. The predicted molar refractivity (Wildman–Crippen MR) is 54.8 cm³/mol. The zero-order valence-corrected chi connectivity index (χ0v) is 9.01. The van der Waals surface area contributed by atoms with Gasteiger partial charge in [0.15, 0.2) is 0 Å². The summed E-state index contributed by atoms with van der Waals surface area (Å²) in [6.07, 6.45) is 2.15. The van der Waals surface area contributed by atoms with E-state index in [-0.39, 0.29) is 5.91 Å². The summed E-state index contributed by atoms with van der Waals surface area (Å²) in [5.74, 6) is 0.314. The molecule has 82 valence electrons. The molecule has 4 heteroatoms. The normalized spacial score (nSPS) is 20.2. The molecular weight excluding hydrogens is 180 g/mol. The summed E-state index contributed by atoms with van der Waals surface area (Å²) in [4.78, 5) is 11.6. The Morgan fingerprint density at radius 3 is 2.79 bits per heavy atom. The quantitative estimate of drug-likeness (QED) is 0.605. The summed E-state index contributed by atoms with van der Waals surface area (Å²) in [5, 5.41) is 2.79. The second-order valence-electron chi connectivity index (χ2n) is 4.01. The summed E-state index contributed by atoms with van der Waals surface area (Å²) in [6, 6.07) is 0. The first-order chi connectivity index (χ1) is 6.59. The van der Waals surface area contributed by atoms with E-state index in [1.165, 1.54) is 0 Å². The van der Waals surface area contributed by atoms with Crippen LogP contribution in [0.3, 0.4) is 0 Å². The summed E-state index contributed by atoms with van der Waals surface area (Å²) in [7, 11) is 0. The highest BCUT2D eigenvalue weighted by Gasteiger charge is 2.43. The summed E-state index contributed by atoms with van der Waals surface area (Å²) in [6.45, 7) is 5.52. The van der Waals surface area contributed by atoms with Crippen molar-refractivity contribution in [2.75, 3.05) is 19.8 Å². The summed E-state index contributed by atoms with van der Waals surface area (Å²) in [5.41, 5.74) is 5.24. The van der Waals surface area contributed by atoms with Crippen molar-refractivity contribution in [2.24, 2.45) is 11.7 Å². The first-order valence-corrected chi connectivity index (χ1v) is 5.24. The molecule has 0 aromatic heterocycles. The zero-order chi connectivity index (χ0) is 10.6. The van der Waals surface area contributed by atoms with Crippen molar-refractivity contribution in [2.45, 2.75) is 32.2 Å². The molecule has 1 saturated carbocycles. The molecule has 0 saturated heterocycles. The predicted octanol–water partition coefficient (Wildman–Crippen LogP) is 0.267. The molecule has 1 rings (SSSR count). The van der Waals surface area contributed by atoms with Crippen LogP contribution in [0.2, 0.25) is 0 Å². The Labute approximate surface area is 85.2 Å². The second kappa shape index (κ2) is 4.75. The van der Waals surface area contributed by atoms with E-state index >= 15 is 0 Å². The fraction of sp³-hybridized carbons (Fsp3) is 0.900. The SMILES string of the molecule is CCOCCNC(=O)C(C)(N)C1CC1. The molecule has 1 aliphatic rings. The maximum absolute atomic E-state index is 11.6. The largest absolute Gasteiger partial charge is 0.380 e. The number of amides is 1. The number of hydrogen-bond donors (Lipinski definition) is 2. The Morgan fingerprint density at radius 2 is 2.29 bits per heavy atom. The Bertz CT molecular complexity index is 200. The molecular formula is C10H20N2O2. The van der Waals surface area contributed by atoms with Gasteiger partial charge in [0.2, 0.25) is 5.91 Å². The lowest BCUT2D eigenvalue weighted by atomic mass is 9.96. The highest BCUT2D eigenvalue weighted by Crippen LogP contribution is 2.37. The van der Waals surface area contributed by atoms with Crippen LogP contribution in [0.15, 0.2) is 0 Å². The number of ether oxygens (including phenoxy) is 1. The van der Waals surface area contributed by atoms with Crippen LogP contribution in [0.25, 0.3) is 0 Å². The van der Waals surface area contributed by atoms with Gasteiger partial charge in [-0.25, -0.2) is 0 Å². The van der Waals surface area contributed by atoms with E-state index < -0.39 is 5.54 Å². The van der Waals surface area contributed by atoms with E-state index in [0.717, 1.165) is 12.8 Å². The van der Waals surface area contributed by atoms with Gasteiger partial charge < -0.3 is 15.8 Å². The summed E-state index contributed by atoms with van der Waals surface area (Å²) >= 11 is 0. The van der Waals surface area contributed by atoms with E-state index in [2.05, 4.69) is 5.32 Å². The van der Waals surface area contributed by atoms with Crippen LogP contribution >= 0.6 is 0 Å². The molecule has 1 unspecified atom stereocenters. The molecule has 1 aliphatic carbocycles. The highest BCUT2D eigenvalue weighted by molar-refractivity contribution is 5.86. The minimum atomic E-state index is -0.688. The molecule has 1 amide bonds. The number of carbonyl (C=O) groups excluding carboxylic acids is 1. The van der Waals surface area contributed by atoms with Gasteiger partial charge in [-0.15, -0.1) is 0 Å². The van der Waals surface area contributed by atoms with E-state index in [1.807, 2.05) is 6.92 Å². The maximum Gasteiger partial charge on any atom is 0.240 e. The average molecular weight is 200 g/mol. The smallest absolute Gasteiger partial charge is 0.240 e. The van der Waals surface area contributed by atoms with Crippen LogP contribution in [0.5, 0.6) is 0 Å². The molecule has 0 aliphatic heterocycles. The third-order valence-corrected chi connectivity index (χ3v) is 2.65. The lowest BCUT2D eigenvalue weighted by molar-refractivity contribution is -0.126. The van der Waals surface area contributed by atoms with Crippen molar-refractivity contribution >= 4 is 5.91 Å². The van der Waals surface area contributed by atoms with Gasteiger partial charge in [-0.05, 0) is 32.6 Å². The van der Waals surface area contributed by atoms with Crippen LogP contribution in [-0.4, -0.2) is 31.2 Å². The number of nitrogens with two attached hydrogens (primary N) is 1. The second-order valence-corrected chi connectivity index (χ2v) is 4.01. The van der Waals surface area contributed by atoms with Gasteiger partial charge in [0.05, 0.1) is 12.1 Å². The van der Waals surface area contributed by atoms with Crippen LogP contribution in [0.1, 0.15) is 26.7 Å². The molecule has 0 aromatic rings. The topological polar surface area (TPSA) is 64.3 Å². The molecule has 1 atom stereocenters. The standard InChI is InChI=1S/C10H20N2O2/c1-3-14-7-6-12-9(13)10(2,11)8-4-5-8/h8H,3-7,11H2,1-2H3,(H,12,13). The number of nitrogens with one attached hydrogen (secondary N) is 1. The highest BCUT2D eigenvalue weighted by atomic mass is 16.5. The van der Waals surface area contributed by atoms with Crippen LogP contribution in [0, 0.1) is 5.92 Å². The van der Waals surface area contributed by atoms with Crippen LogP contribution < -0.4 is 11.1 Å². The van der Waals surface area contributed by atoms with Crippen molar-refractivity contribution in [1.82, 2.24) is 5.32 Å². The van der Waals surface area contributed by atoms with Gasteiger partial charge in [0.1, 0.15) is 0 Å². The van der Waals surface area contributed by atoms with E-state index in [1.54, 1.807) is 6.92 Å². The van der Waals surface area contributed by atoms with E-state index in [0.29, 0.717) is 25.7 Å². The first kappa shape index (κ1) is 11.5.